The molecule has 0 radical (unpaired) electrons. The van der Waals surface area contributed by atoms with Crippen LogP contribution in [0.1, 0.15) is 55.8 Å². The number of nitrogen functional groups attached to an aromatic ring is 1. The minimum Gasteiger partial charge on any atom is -0.744 e. The van der Waals surface area contributed by atoms with Gasteiger partial charge in [-0.15, -0.1) is 0 Å². The molecule has 7 nitrogen and oxygen atoms in total. The molecule has 5 rings (SSSR count). The first-order valence-electron chi connectivity index (χ1n) is 10.3. The molecule has 0 amide bonds. The molecule has 33 heavy (non-hydrogen) atoms. The number of rotatable bonds is 3. The predicted molar refractivity (Wildman–Crippen MR) is 118 cm³/mol. The summed E-state index contributed by atoms with van der Waals surface area (Å²) in [5.74, 6) is -1.05. The first-order chi connectivity index (χ1) is 15.3. The fourth-order valence-electron chi connectivity index (χ4n) is 4.57. The van der Waals surface area contributed by atoms with Crippen LogP contribution in [-0.2, 0) is 23.0 Å². The number of fused-ring (bicyclic) bond motifs is 3. The van der Waals surface area contributed by atoms with Gasteiger partial charge < -0.3 is 15.6 Å². The van der Waals surface area contributed by atoms with E-state index in [0.717, 1.165) is 31.7 Å². The Balaban J connectivity index is 0.00000259. The van der Waals surface area contributed by atoms with E-state index in [9.17, 15) is 22.6 Å². The zero-order valence-corrected chi connectivity index (χ0v) is 20.8. The SMILES string of the molecule is Nc1c(S(=O)(=O)[O-])cc(Nc2ccc3c(c2)CCCC3)c2c1C(=O)c1ccccc1C2=O.[Na+]. The monoisotopic (exact) mass is 470 g/mol. The molecule has 0 atom stereocenters. The third-order valence-electron chi connectivity index (χ3n) is 6.10. The van der Waals surface area contributed by atoms with Crippen molar-refractivity contribution >= 4 is 38.7 Å². The van der Waals surface area contributed by atoms with Crippen molar-refractivity contribution < 1.29 is 52.1 Å². The molecule has 0 aliphatic heterocycles. The number of carbonyl (C=O) groups is 2. The van der Waals surface area contributed by atoms with Crippen molar-refractivity contribution in [2.75, 3.05) is 11.1 Å². The van der Waals surface area contributed by atoms with Gasteiger partial charge in [0.05, 0.1) is 27.4 Å². The van der Waals surface area contributed by atoms with Crippen LogP contribution in [-0.4, -0.2) is 24.5 Å². The molecule has 3 N–H and O–H groups in total. The fraction of sp³-hybridized carbons (Fsp3) is 0.167. The van der Waals surface area contributed by atoms with E-state index in [1.165, 1.54) is 23.3 Å². The standard InChI is InChI=1S/C24H20N2O5S.Na/c25-22-19(32(29,30)31)12-18(26-15-10-9-13-5-1-2-6-14(13)11-15)20-21(22)24(28)17-8-4-3-7-16(17)23(20)27;/h3-4,7-12,26H,1-2,5-6,25H2,(H,29,30,31);/q;+1/p-1. The van der Waals surface area contributed by atoms with Crippen LogP contribution in [0.15, 0.2) is 53.4 Å². The van der Waals surface area contributed by atoms with Crippen LogP contribution in [0.2, 0.25) is 0 Å². The van der Waals surface area contributed by atoms with E-state index in [-0.39, 0.29) is 57.5 Å². The van der Waals surface area contributed by atoms with Crippen molar-refractivity contribution in [3.63, 3.8) is 0 Å². The molecule has 0 unspecified atom stereocenters. The maximum Gasteiger partial charge on any atom is 1.00 e. The average molecular weight is 470 g/mol. The predicted octanol–water partition coefficient (Wildman–Crippen LogP) is 0.575. The molecular weight excluding hydrogens is 451 g/mol. The quantitative estimate of drug-likeness (QED) is 0.254. The molecule has 0 bridgehead atoms. The second-order valence-corrected chi connectivity index (χ2v) is 9.41. The molecule has 0 saturated heterocycles. The van der Waals surface area contributed by atoms with Gasteiger partial charge in [-0.1, -0.05) is 30.3 Å². The van der Waals surface area contributed by atoms with Crippen LogP contribution in [0.3, 0.4) is 0 Å². The van der Waals surface area contributed by atoms with Crippen LogP contribution in [0.5, 0.6) is 0 Å². The summed E-state index contributed by atoms with van der Waals surface area (Å²) < 4.78 is 35.7. The second kappa shape index (κ2) is 8.70. The Morgan fingerprint density at radius 2 is 1.45 bits per heavy atom. The van der Waals surface area contributed by atoms with E-state index < -0.39 is 32.3 Å². The van der Waals surface area contributed by atoms with Gasteiger partial charge in [-0.05, 0) is 55.0 Å². The van der Waals surface area contributed by atoms with E-state index in [0.29, 0.717) is 5.69 Å². The molecule has 0 aromatic heterocycles. The molecule has 3 aromatic carbocycles. The van der Waals surface area contributed by atoms with Crippen LogP contribution >= 0.6 is 0 Å². The van der Waals surface area contributed by atoms with E-state index in [4.69, 9.17) is 5.73 Å². The van der Waals surface area contributed by atoms with Gasteiger partial charge in [0.1, 0.15) is 10.1 Å². The molecule has 0 spiro atoms. The van der Waals surface area contributed by atoms with Gasteiger partial charge in [0.2, 0.25) is 0 Å². The summed E-state index contributed by atoms with van der Waals surface area (Å²) >= 11 is 0. The summed E-state index contributed by atoms with van der Waals surface area (Å²) in [6, 6.07) is 13.1. The third kappa shape index (κ3) is 4.02. The normalized spacial score (nSPS) is 14.6. The minimum atomic E-state index is -4.99. The number of nitrogens with one attached hydrogen (secondary N) is 1. The number of carbonyl (C=O) groups excluding carboxylic acids is 2. The Bertz CT molecular complexity index is 1430. The van der Waals surface area contributed by atoms with Gasteiger partial charge in [0.15, 0.2) is 11.6 Å². The van der Waals surface area contributed by atoms with Gasteiger partial charge in [-0.25, -0.2) is 8.42 Å². The second-order valence-electron chi connectivity index (χ2n) is 8.06. The molecule has 162 valence electrons. The van der Waals surface area contributed by atoms with Crippen LogP contribution in [0, 0.1) is 0 Å². The van der Waals surface area contributed by atoms with Gasteiger partial charge in [0.25, 0.3) is 0 Å². The van der Waals surface area contributed by atoms with Gasteiger partial charge >= 0.3 is 29.6 Å². The van der Waals surface area contributed by atoms with Crippen molar-refractivity contribution in [2.45, 2.75) is 30.6 Å². The Hall–Kier alpha value is -2.49. The zero-order chi connectivity index (χ0) is 22.6. The van der Waals surface area contributed by atoms with Crippen LogP contribution < -0.4 is 40.6 Å². The Labute approximate surface area is 213 Å². The average Bonchev–Trinajstić information content (AvgIpc) is 2.77. The number of ketones is 2. The molecule has 0 heterocycles. The van der Waals surface area contributed by atoms with Crippen LogP contribution in [0.4, 0.5) is 17.1 Å². The number of hydrogen-bond acceptors (Lipinski definition) is 7. The van der Waals surface area contributed by atoms with Crippen molar-refractivity contribution in [1.29, 1.82) is 0 Å². The first kappa shape index (κ1) is 23.7. The first-order valence-corrected chi connectivity index (χ1v) is 11.7. The summed E-state index contributed by atoms with van der Waals surface area (Å²) in [6.07, 6.45) is 4.13. The Morgan fingerprint density at radius 3 is 2.09 bits per heavy atom. The number of benzene rings is 3. The Kier molecular flexibility index (Phi) is 6.24. The summed E-state index contributed by atoms with van der Waals surface area (Å²) in [6.45, 7) is 0. The fourth-order valence-corrected chi connectivity index (χ4v) is 5.20. The van der Waals surface area contributed by atoms with Crippen molar-refractivity contribution in [2.24, 2.45) is 0 Å². The van der Waals surface area contributed by atoms with Crippen LogP contribution in [0.25, 0.3) is 0 Å². The molecule has 0 fully saturated rings. The summed E-state index contributed by atoms with van der Waals surface area (Å²) in [7, 11) is -4.99. The summed E-state index contributed by atoms with van der Waals surface area (Å²) in [5, 5.41) is 3.07. The maximum atomic E-state index is 13.3. The van der Waals surface area contributed by atoms with Crippen molar-refractivity contribution in [3.8, 4) is 0 Å². The maximum absolute atomic E-state index is 13.3. The number of aryl methyl sites for hydroxylation is 2. The molecule has 2 aliphatic rings. The largest absolute Gasteiger partial charge is 1.00 e. The zero-order valence-electron chi connectivity index (χ0n) is 18.0. The van der Waals surface area contributed by atoms with Gasteiger partial charge in [-0.2, -0.15) is 0 Å². The number of anilines is 3. The summed E-state index contributed by atoms with van der Waals surface area (Å²) in [5.41, 5.74) is 8.63. The van der Waals surface area contributed by atoms with E-state index in [1.807, 2.05) is 18.2 Å². The van der Waals surface area contributed by atoms with E-state index in [2.05, 4.69) is 5.32 Å². The number of hydrogen-bond donors (Lipinski definition) is 2. The van der Waals surface area contributed by atoms with E-state index in [1.54, 1.807) is 12.1 Å². The van der Waals surface area contributed by atoms with Crippen molar-refractivity contribution in [3.05, 3.63) is 81.9 Å². The van der Waals surface area contributed by atoms with E-state index >= 15 is 0 Å². The topological polar surface area (TPSA) is 129 Å². The molecule has 0 saturated carbocycles. The van der Waals surface area contributed by atoms with Crippen molar-refractivity contribution in [1.82, 2.24) is 0 Å². The number of nitrogens with two attached hydrogens (primary N) is 1. The minimum absolute atomic E-state index is 0. The third-order valence-corrected chi connectivity index (χ3v) is 6.97. The van der Waals surface area contributed by atoms with Gasteiger partial charge in [-0.3, -0.25) is 9.59 Å². The summed E-state index contributed by atoms with van der Waals surface area (Å²) in [4.78, 5) is 25.8. The molecule has 2 aliphatic carbocycles. The Morgan fingerprint density at radius 1 is 0.848 bits per heavy atom. The smallest absolute Gasteiger partial charge is 0.744 e. The van der Waals surface area contributed by atoms with Gasteiger partial charge in [0, 0.05) is 16.8 Å². The molecule has 9 heteroatoms. The molecule has 3 aromatic rings. The molecular formula is C24H19N2NaO5S.